The van der Waals surface area contributed by atoms with Crippen molar-refractivity contribution in [1.29, 1.82) is 0 Å². The Morgan fingerprint density at radius 1 is 0.787 bits per heavy atom. The van der Waals surface area contributed by atoms with Crippen LogP contribution in [0.3, 0.4) is 0 Å². The molecule has 0 heterocycles. The monoisotopic (exact) mass is 640 g/mol. The molecule has 0 radical (unpaired) electrons. The van der Waals surface area contributed by atoms with Crippen molar-refractivity contribution in [1.82, 2.24) is 5.32 Å². The maximum atomic E-state index is 12.8. The van der Waals surface area contributed by atoms with Crippen LogP contribution >= 0.6 is 0 Å². The number of anilines is 1. The van der Waals surface area contributed by atoms with Crippen LogP contribution in [0.15, 0.2) is 106 Å². The Hall–Kier alpha value is -5.19. The number of nitrogens with zero attached hydrogens (tertiary/aromatic N) is 5. The number of rotatable bonds is 19. The van der Waals surface area contributed by atoms with Crippen molar-refractivity contribution in [3.05, 3.63) is 91.0 Å². The van der Waals surface area contributed by atoms with Crippen molar-refractivity contribution in [3.8, 4) is 0 Å². The van der Waals surface area contributed by atoms with Crippen LogP contribution in [-0.4, -0.2) is 43.8 Å². The van der Waals surface area contributed by atoms with Gasteiger partial charge in [0, 0.05) is 37.2 Å². The van der Waals surface area contributed by atoms with Crippen LogP contribution in [0.1, 0.15) is 69.7 Å². The predicted molar refractivity (Wildman–Crippen MR) is 183 cm³/mol. The summed E-state index contributed by atoms with van der Waals surface area (Å²) in [6.07, 6.45) is 6.41. The van der Waals surface area contributed by atoms with Gasteiger partial charge in [0.2, 0.25) is 0 Å². The van der Waals surface area contributed by atoms with Gasteiger partial charge in [-0.25, -0.2) is 4.79 Å². The van der Waals surface area contributed by atoms with Gasteiger partial charge in [0.1, 0.15) is 6.61 Å². The average Bonchev–Trinajstić information content (AvgIpc) is 3.08. The van der Waals surface area contributed by atoms with Gasteiger partial charge in [-0.1, -0.05) is 39.2 Å². The highest BCUT2D eigenvalue weighted by molar-refractivity contribution is 5.94. The number of benzene rings is 3. The third kappa shape index (κ3) is 13.4. The van der Waals surface area contributed by atoms with E-state index in [9.17, 15) is 14.4 Å². The second kappa shape index (κ2) is 20.0. The van der Waals surface area contributed by atoms with Crippen LogP contribution in [0.25, 0.3) is 0 Å². The van der Waals surface area contributed by atoms with E-state index in [2.05, 4.69) is 44.2 Å². The third-order valence-electron chi connectivity index (χ3n) is 7.08. The Morgan fingerprint density at radius 2 is 1.30 bits per heavy atom. The van der Waals surface area contributed by atoms with Crippen LogP contribution in [-0.2, 0) is 19.1 Å². The first-order valence-corrected chi connectivity index (χ1v) is 16.0. The molecular formula is C36H44N6O5. The molecule has 3 aromatic carbocycles. The number of unbranched alkanes of at least 4 members (excludes halogenated alkanes) is 4. The molecule has 0 aliphatic heterocycles. The summed E-state index contributed by atoms with van der Waals surface area (Å²) in [4.78, 5) is 37.6. The lowest BCUT2D eigenvalue weighted by Crippen LogP contribution is -2.38. The van der Waals surface area contributed by atoms with Gasteiger partial charge in [-0.3, -0.25) is 9.59 Å². The lowest BCUT2D eigenvalue weighted by atomic mass is 10.1. The minimum atomic E-state index is -0.658. The molecule has 0 saturated heterocycles. The minimum Gasteiger partial charge on any atom is -0.461 e. The first-order chi connectivity index (χ1) is 22.8. The average molecular weight is 641 g/mol. The summed E-state index contributed by atoms with van der Waals surface area (Å²) < 4.78 is 10.4. The smallest absolute Gasteiger partial charge is 0.330 e. The lowest BCUT2D eigenvalue weighted by molar-refractivity contribution is -0.147. The summed E-state index contributed by atoms with van der Waals surface area (Å²) in [7, 11) is 0. The van der Waals surface area contributed by atoms with E-state index in [4.69, 9.17) is 9.47 Å². The number of esters is 2. The standard InChI is InChI=1S/C36H44N6O5/c1-5-8-9-10-11-12-34(47-27(4)43)37-36(45)28-13-15-29(16-14-28)38-39-30-17-19-31(20-18-30)40-41-32-21-23-33(24-22-32)42(7-3)25-26-46-35(44)6-2/h6,13-24,34H,2,5,7-12,25-26H2,1,3-4H3,(H,37,45). The highest BCUT2D eigenvalue weighted by Gasteiger charge is 2.16. The van der Waals surface area contributed by atoms with Crippen molar-refractivity contribution in [3.63, 3.8) is 0 Å². The summed E-state index contributed by atoms with van der Waals surface area (Å²) in [6, 6.07) is 21.6. The van der Waals surface area contributed by atoms with E-state index in [1.54, 1.807) is 48.5 Å². The first kappa shape index (κ1) is 36.3. The van der Waals surface area contributed by atoms with Gasteiger partial charge in [0.05, 0.1) is 29.3 Å². The highest BCUT2D eigenvalue weighted by atomic mass is 16.6. The zero-order valence-electron chi connectivity index (χ0n) is 27.4. The summed E-state index contributed by atoms with van der Waals surface area (Å²) in [5.41, 5.74) is 4.01. The van der Waals surface area contributed by atoms with Gasteiger partial charge in [0.25, 0.3) is 5.91 Å². The maximum absolute atomic E-state index is 12.8. The summed E-state index contributed by atoms with van der Waals surface area (Å²) >= 11 is 0. The van der Waals surface area contributed by atoms with Crippen molar-refractivity contribution in [2.75, 3.05) is 24.6 Å². The molecule has 248 valence electrons. The Labute approximate surface area is 276 Å². The quantitative estimate of drug-likeness (QED) is 0.0457. The summed E-state index contributed by atoms with van der Waals surface area (Å²) in [5, 5.41) is 20.0. The second-order valence-electron chi connectivity index (χ2n) is 10.7. The second-order valence-corrected chi connectivity index (χ2v) is 10.7. The fourth-order valence-electron chi connectivity index (χ4n) is 4.54. The molecule has 0 aliphatic rings. The van der Waals surface area contributed by atoms with Crippen LogP contribution < -0.4 is 10.2 Å². The number of hydrogen-bond donors (Lipinski definition) is 1. The maximum Gasteiger partial charge on any atom is 0.330 e. The van der Waals surface area contributed by atoms with Crippen LogP contribution in [0.5, 0.6) is 0 Å². The lowest BCUT2D eigenvalue weighted by Gasteiger charge is -2.22. The predicted octanol–water partition coefficient (Wildman–Crippen LogP) is 9.05. The third-order valence-corrected chi connectivity index (χ3v) is 7.08. The van der Waals surface area contributed by atoms with Crippen LogP contribution in [0.4, 0.5) is 28.4 Å². The van der Waals surface area contributed by atoms with E-state index in [-0.39, 0.29) is 12.5 Å². The van der Waals surface area contributed by atoms with Crippen molar-refractivity contribution < 1.29 is 23.9 Å². The van der Waals surface area contributed by atoms with Crippen molar-refractivity contribution in [2.45, 2.75) is 65.5 Å². The van der Waals surface area contributed by atoms with Crippen molar-refractivity contribution in [2.24, 2.45) is 20.5 Å². The number of carbonyl (C=O) groups excluding carboxylic acids is 3. The molecule has 0 saturated carbocycles. The number of amides is 1. The molecular weight excluding hydrogens is 596 g/mol. The fraction of sp³-hybridized carbons (Fsp3) is 0.361. The molecule has 11 nitrogen and oxygen atoms in total. The van der Waals surface area contributed by atoms with Gasteiger partial charge in [-0.2, -0.15) is 20.5 Å². The highest BCUT2D eigenvalue weighted by Crippen LogP contribution is 2.25. The molecule has 0 spiro atoms. The van der Waals surface area contributed by atoms with Crippen LogP contribution in [0, 0.1) is 0 Å². The largest absolute Gasteiger partial charge is 0.461 e. The first-order valence-electron chi connectivity index (χ1n) is 16.0. The molecule has 0 aliphatic carbocycles. The summed E-state index contributed by atoms with van der Waals surface area (Å²) in [5.74, 6) is -1.18. The zero-order chi connectivity index (χ0) is 33.9. The Morgan fingerprint density at radius 3 is 1.79 bits per heavy atom. The molecule has 1 amide bonds. The molecule has 1 atom stereocenters. The fourth-order valence-corrected chi connectivity index (χ4v) is 4.54. The number of likely N-dealkylation sites (N-methyl/N-ethyl adjacent to an activating group) is 1. The van der Waals surface area contributed by atoms with Gasteiger partial charge in [-0.15, -0.1) is 0 Å². The van der Waals surface area contributed by atoms with Gasteiger partial charge in [-0.05, 0) is 86.1 Å². The molecule has 1 N–H and O–H groups in total. The number of azo groups is 2. The van der Waals surface area contributed by atoms with E-state index >= 15 is 0 Å². The molecule has 0 bridgehead atoms. The molecule has 47 heavy (non-hydrogen) atoms. The Balaban J connectivity index is 1.51. The molecule has 0 aromatic heterocycles. The van der Waals surface area contributed by atoms with E-state index in [1.165, 1.54) is 13.3 Å². The number of nitrogens with one attached hydrogen (secondary N) is 1. The molecule has 1 unspecified atom stereocenters. The van der Waals surface area contributed by atoms with E-state index in [0.29, 0.717) is 41.3 Å². The van der Waals surface area contributed by atoms with Gasteiger partial charge in [0.15, 0.2) is 6.23 Å². The number of ether oxygens (including phenoxy) is 2. The van der Waals surface area contributed by atoms with Crippen LogP contribution in [0.2, 0.25) is 0 Å². The minimum absolute atomic E-state index is 0.278. The summed E-state index contributed by atoms with van der Waals surface area (Å²) in [6.45, 7) is 10.5. The molecule has 11 heteroatoms. The van der Waals surface area contributed by atoms with E-state index in [0.717, 1.165) is 44.0 Å². The molecule has 0 fully saturated rings. The van der Waals surface area contributed by atoms with Crippen molar-refractivity contribution >= 4 is 46.3 Å². The topological polar surface area (TPSA) is 134 Å². The van der Waals surface area contributed by atoms with Gasteiger partial charge >= 0.3 is 11.9 Å². The van der Waals surface area contributed by atoms with E-state index < -0.39 is 18.2 Å². The Kier molecular flexibility index (Phi) is 15.5. The number of carbonyl (C=O) groups is 3. The number of hydrogen-bond acceptors (Lipinski definition) is 10. The molecule has 3 aromatic rings. The normalized spacial score (nSPS) is 11.7. The van der Waals surface area contributed by atoms with Gasteiger partial charge < -0.3 is 19.7 Å². The van der Waals surface area contributed by atoms with E-state index in [1.807, 2.05) is 31.2 Å². The molecule has 3 rings (SSSR count). The zero-order valence-corrected chi connectivity index (χ0v) is 27.4. The Bertz CT molecular complexity index is 1490. The SMILES string of the molecule is C=CC(=O)OCCN(CC)c1ccc(N=Nc2ccc(N=Nc3ccc(C(=O)NC(CCCCCCC)OC(C)=O)cc3)cc2)cc1.